The third-order valence-corrected chi connectivity index (χ3v) is 6.03. The number of nitrogens with zero attached hydrogens (tertiary/aromatic N) is 5. The fourth-order valence-electron chi connectivity index (χ4n) is 3.30. The lowest BCUT2D eigenvalue weighted by atomic mass is 10.2. The first-order chi connectivity index (χ1) is 16.1. The van der Waals surface area contributed by atoms with Gasteiger partial charge in [0.2, 0.25) is 0 Å². The lowest BCUT2D eigenvalue weighted by Crippen LogP contribution is -2.31. The highest BCUT2D eigenvalue weighted by atomic mass is 35.5. The predicted octanol–water partition coefficient (Wildman–Crippen LogP) is 6.29. The van der Waals surface area contributed by atoms with Crippen LogP contribution >= 0.6 is 35.1 Å². The number of aryl methyl sites for hydroxylation is 1. The largest absolute Gasteiger partial charge is 0.459 e. The monoisotopic (exact) mass is 515 g/mol. The normalized spacial score (nSPS) is 11.6. The van der Waals surface area contributed by atoms with E-state index in [1.807, 2.05) is 79.2 Å². The van der Waals surface area contributed by atoms with Gasteiger partial charge in [-0.25, -0.2) is 4.98 Å². The Bertz CT molecular complexity index is 1320. The molecule has 10 heteroatoms. The molecule has 0 fully saturated rings. The number of esters is 1. The van der Waals surface area contributed by atoms with Crippen molar-refractivity contribution in [1.82, 2.24) is 19.7 Å². The molecule has 1 aromatic carbocycles. The van der Waals surface area contributed by atoms with Gasteiger partial charge in [0.15, 0.2) is 5.82 Å². The molecule has 3 aromatic heterocycles. The van der Waals surface area contributed by atoms with E-state index < -0.39 is 5.60 Å². The minimum Gasteiger partial charge on any atom is -0.459 e. The third kappa shape index (κ3) is 6.00. The van der Waals surface area contributed by atoms with Gasteiger partial charge >= 0.3 is 5.97 Å². The molecular formula is C24H23Cl2N5O2S. The van der Waals surface area contributed by atoms with Crippen molar-refractivity contribution in [2.75, 3.05) is 10.8 Å². The molecule has 0 aliphatic heterocycles. The fraction of sp³-hybridized carbons (Fsp3) is 0.250. The van der Waals surface area contributed by atoms with E-state index in [1.54, 1.807) is 12.1 Å². The summed E-state index contributed by atoms with van der Waals surface area (Å²) < 4.78 is 9.37. The number of hydrogen-bond acceptors (Lipinski definition) is 7. The molecule has 0 atom stereocenters. The van der Waals surface area contributed by atoms with Crippen LogP contribution in [-0.2, 0) is 9.53 Å². The van der Waals surface area contributed by atoms with E-state index in [2.05, 4.69) is 15.2 Å². The summed E-state index contributed by atoms with van der Waals surface area (Å²) in [6.45, 7) is 7.45. The Morgan fingerprint density at radius 3 is 2.44 bits per heavy atom. The van der Waals surface area contributed by atoms with Gasteiger partial charge in [-0.2, -0.15) is 5.10 Å². The third-order valence-electron chi connectivity index (χ3n) is 4.64. The number of fused-ring (bicyclic) bond motifs is 1. The van der Waals surface area contributed by atoms with E-state index in [0.717, 1.165) is 33.0 Å². The van der Waals surface area contributed by atoms with E-state index in [9.17, 15) is 4.79 Å². The van der Waals surface area contributed by atoms with E-state index in [4.69, 9.17) is 27.9 Å². The summed E-state index contributed by atoms with van der Waals surface area (Å²) in [5, 5.41) is 9.97. The van der Waals surface area contributed by atoms with Gasteiger partial charge in [0.25, 0.3) is 0 Å². The number of carbonyl (C=O) groups is 1. The Balaban J connectivity index is 1.68. The fourth-order valence-corrected chi connectivity index (χ4v) is 4.86. The van der Waals surface area contributed by atoms with Crippen LogP contribution in [0.4, 0.5) is 5.69 Å². The summed E-state index contributed by atoms with van der Waals surface area (Å²) in [6, 6.07) is 15.2. The van der Waals surface area contributed by atoms with Crippen molar-refractivity contribution in [1.29, 1.82) is 0 Å². The summed E-state index contributed by atoms with van der Waals surface area (Å²) in [7, 11) is 0. The molecule has 3 heterocycles. The maximum Gasteiger partial charge on any atom is 0.327 e. The smallest absolute Gasteiger partial charge is 0.327 e. The first-order valence-electron chi connectivity index (χ1n) is 10.5. The molecule has 0 saturated heterocycles. The second-order valence-electron chi connectivity index (χ2n) is 8.62. The van der Waals surface area contributed by atoms with Crippen molar-refractivity contribution in [2.45, 2.75) is 38.2 Å². The maximum absolute atomic E-state index is 12.7. The SMILES string of the molecule is Cc1ccc(-n2ccc3cc(N(CC(=O)OC(C)(C)C)Sc4cc(Cl)nc(Cl)c4)ccc32)nn1. The van der Waals surface area contributed by atoms with Gasteiger partial charge in [-0.1, -0.05) is 23.2 Å². The van der Waals surface area contributed by atoms with E-state index >= 15 is 0 Å². The highest BCUT2D eigenvalue weighted by molar-refractivity contribution is 8.00. The first kappa shape index (κ1) is 24.3. The molecule has 0 aliphatic rings. The van der Waals surface area contributed by atoms with Crippen molar-refractivity contribution in [3.05, 3.63) is 70.7 Å². The van der Waals surface area contributed by atoms with E-state index in [-0.39, 0.29) is 22.8 Å². The molecule has 0 saturated carbocycles. The van der Waals surface area contributed by atoms with Gasteiger partial charge in [0.05, 0.1) is 11.2 Å². The molecule has 0 amide bonds. The van der Waals surface area contributed by atoms with Crippen molar-refractivity contribution in [2.24, 2.45) is 0 Å². The molecule has 0 N–H and O–H groups in total. The van der Waals surface area contributed by atoms with E-state index in [0.29, 0.717) is 0 Å². The number of halogens is 2. The number of hydrogen-bond donors (Lipinski definition) is 0. The number of pyridine rings is 1. The number of benzene rings is 1. The molecule has 4 aromatic rings. The maximum atomic E-state index is 12.7. The zero-order chi connectivity index (χ0) is 24.5. The van der Waals surface area contributed by atoms with Gasteiger partial charge in [0.1, 0.15) is 22.5 Å². The van der Waals surface area contributed by atoms with Crippen molar-refractivity contribution in [3.63, 3.8) is 0 Å². The standard InChI is InChI=1S/C24H23Cl2N5O2S/c1-15-5-8-22(29-28-15)30-10-9-16-11-17(6-7-19(16)30)31(14-23(32)33-24(2,3)4)34-18-12-20(25)27-21(26)13-18/h5-13H,14H2,1-4H3. The minimum atomic E-state index is -0.590. The van der Waals surface area contributed by atoms with E-state index in [1.165, 1.54) is 11.9 Å². The predicted molar refractivity (Wildman–Crippen MR) is 137 cm³/mol. The number of rotatable bonds is 6. The van der Waals surface area contributed by atoms with Crippen LogP contribution in [0, 0.1) is 6.92 Å². The van der Waals surface area contributed by atoms with Crippen LogP contribution < -0.4 is 4.31 Å². The van der Waals surface area contributed by atoms with Crippen LogP contribution in [0.15, 0.2) is 59.6 Å². The quantitative estimate of drug-likeness (QED) is 0.170. The number of ether oxygens (including phenoxy) is 1. The van der Waals surface area contributed by atoms with Crippen LogP contribution in [0.5, 0.6) is 0 Å². The lowest BCUT2D eigenvalue weighted by molar-refractivity contribution is -0.152. The Hall–Kier alpha value is -2.81. The van der Waals surface area contributed by atoms with Crippen LogP contribution in [0.25, 0.3) is 16.7 Å². The molecule has 34 heavy (non-hydrogen) atoms. The number of carbonyl (C=O) groups excluding carboxylic acids is 1. The molecule has 7 nitrogen and oxygen atoms in total. The molecule has 0 radical (unpaired) electrons. The summed E-state index contributed by atoms with van der Waals surface area (Å²) in [6.07, 6.45) is 1.95. The Kier molecular flexibility index (Phi) is 7.02. The zero-order valence-corrected chi connectivity index (χ0v) is 21.4. The molecular weight excluding hydrogens is 493 g/mol. The van der Waals surface area contributed by atoms with Crippen molar-refractivity contribution < 1.29 is 9.53 Å². The summed E-state index contributed by atoms with van der Waals surface area (Å²) >= 11 is 13.5. The summed E-state index contributed by atoms with van der Waals surface area (Å²) in [5.41, 5.74) is 2.06. The Morgan fingerprint density at radius 2 is 1.79 bits per heavy atom. The Morgan fingerprint density at radius 1 is 1.06 bits per heavy atom. The summed E-state index contributed by atoms with van der Waals surface area (Å²) in [5.74, 6) is 0.383. The van der Waals surface area contributed by atoms with Gasteiger partial charge < -0.3 is 9.04 Å². The molecule has 0 aliphatic carbocycles. The average molecular weight is 516 g/mol. The van der Waals surface area contributed by atoms with Crippen LogP contribution in [0.1, 0.15) is 26.5 Å². The van der Waals surface area contributed by atoms with Crippen LogP contribution in [0.2, 0.25) is 10.3 Å². The first-order valence-corrected chi connectivity index (χ1v) is 12.0. The lowest BCUT2D eigenvalue weighted by Gasteiger charge is -2.26. The van der Waals surface area contributed by atoms with Crippen LogP contribution in [-0.4, -0.2) is 37.9 Å². The highest BCUT2D eigenvalue weighted by Gasteiger charge is 2.21. The zero-order valence-electron chi connectivity index (χ0n) is 19.1. The second kappa shape index (κ2) is 9.82. The molecule has 0 spiro atoms. The summed E-state index contributed by atoms with van der Waals surface area (Å²) in [4.78, 5) is 17.4. The van der Waals surface area contributed by atoms with Gasteiger partial charge in [-0.3, -0.25) is 9.36 Å². The van der Waals surface area contributed by atoms with Crippen molar-refractivity contribution in [3.8, 4) is 5.82 Å². The van der Waals surface area contributed by atoms with Crippen LogP contribution in [0.3, 0.4) is 0 Å². The molecule has 0 bridgehead atoms. The number of anilines is 1. The number of aromatic nitrogens is 4. The molecule has 176 valence electrons. The average Bonchev–Trinajstić information content (AvgIpc) is 3.15. The van der Waals surface area contributed by atoms with Crippen molar-refractivity contribution >= 4 is 57.7 Å². The molecule has 0 unspecified atom stereocenters. The topological polar surface area (TPSA) is 73.1 Å². The second-order valence-corrected chi connectivity index (χ2v) is 10.5. The minimum absolute atomic E-state index is 0.0230. The van der Waals surface area contributed by atoms with Gasteiger partial charge in [0, 0.05) is 22.2 Å². The highest BCUT2D eigenvalue weighted by Crippen LogP contribution is 2.34. The Labute approximate surface area is 212 Å². The van der Waals surface area contributed by atoms with Gasteiger partial charge in [-0.15, -0.1) is 5.10 Å². The van der Waals surface area contributed by atoms with Gasteiger partial charge in [-0.05, 0) is 88.2 Å². The molecule has 4 rings (SSSR count).